The summed E-state index contributed by atoms with van der Waals surface area (Å²) in [4.78, 5) is 17.6. The van der Waals surface area contributed by atoms with Crippen LogP contribution in [0.5, 0.6) is 0 Å². The lowest BCUT2D eigenvalue weighted by atomic mass is 9.77. The Morgan fingerprint density at radius 3 is 2.65 bits per heavy atom. The number of fused-ring (bicyclic) bond motifs is 1. The summed E-state index contributed by atoms with van der Waals surface area (Å²) >= 11 is 0. The first-order valence-electron chi connectivity index (χ1n) is 10.5. The van der Waals surface area contributed by atoms with Gasteiger partial charge in [0.25, 0.3) is 0 Å². The van der Waals surface area contributed by atoms with Crippen molar-refractivity contribution in [3.05, 3.63) is 35.4 Å². The lowest BCUT2D eigenvalue weighted by Crippen LogP contribution is -2.49. The van der Waals surface area contributed by atoms with Gasteiger partial charge in [0.2, 0.25) is 5.91 Å². The first kappa shape index (κ1) is 18.0. The number of rotatable bonds is 3. The fourth-order valence-electron chi connectivity index (χ4n) is 5.29. The van der Waals surface area contributed by atoms with Crippen molar-refractivity contribution in [1.29, 1.82) is 0 Å². The van der Waals surface area contributed by atoms with Crippen molar-refractivity contribution in [3.63, 3.8) is 0 Å². The Hall–Kier alpha value is -1.39. The summed E-state index contributed by atoms with van der Waals surface area (Å²) in [5.41, 5.74) is 2.82. The minimum atomic E-state index is -0.271. The molecular weight excluding hydrogens is 324 g/mol. The Kier molecular flexibility index (Phi) is 5.60. The van der Waals surface area contributed by atoms with Gasteiger partial charge in [-0.2, -0.15) is 0 Å². The van der Waals surface area contributed by atoms with Gasteiger partial charge in [0, 0.05) is 13.1 Å². The van der Waals surface area contributed by atoms with E-state index in [1.165, 1.54) is 43.2 Å². The van der Waals surface area contributed by atoms with Gasteiger partial charge in [0.05, 0.1) is 18.7 Å². The molecule has 1 saturated carbocycles. The topological polar surface area (TPSA) is 43.8 Å². The van der Waals surface area contributed by atoms with Crippen molar-refractivity contribution in [2.45, 2.75) is 63.5 Å². The van der Waals surface area contributed by atoms with Crippen LogP contribution in [0.2, 0.25) is 0 Å². The lowest BCUT2D eigenvalue weighted by Gasteiger charge is -2.44. The zero-order valence-corrected chi connectivity index (χ0v) is 15.8. The molecule has 0 bridgehead atoms. The van der Waals surface area contributed by atoms with Gasteiger partial charge < -0.3 is 10.0 Å². The van der Waals surface area contributed by atoms with Crippen molar-refractivity contribution in [2.75, 3.05) is 26.2 Å². The number of likely N-dealkylation sites (tertiary alicyclic amines) is 1. The molecule has 0 radical (unpaired) electrons. The van der Waals surface area contributed by atoms with Crippen LogP contribution in [0.3, 0.4) is 0 Å². The van der Waals surface area contributed by atoms with Crippen molar-refractivity contribution >= 4 is 5.91 Å². The van der Waals surface area contributed by atoms with Crippen LogP contribution in [0.15, 0.2) is 24.3 Å². The van der Waals surface area contributed by atoms with Crippen LogP contribution in [0, 0.1) is 5.92 Å². The summed E-state index contributed by atoms with van der Waals surface area (Å²) in [6.07, 6.45) is 8.96. The number of hydrogen-bond donors (Lipinski definition) is 1. The SMILES string of the molecule is O=C(CN1CCC[C@H](O)C1)N1CCc2ccccc2[C@@H]1C1CCCCC1. The second kappa shape index (κ2) is 8.10. The molecule has 1 aromatic carbocycles. The molecule has 26 heavy (non-hydrogen) atoms. The van der Waals surface area contributed by atoms with E-state index in [1.54, 1.807) is 0 Å². The van der Waals surface area contributed by atoms with E-state index in [4.69, 9.17) is 0 Å². The van der Waals surface area contributed by atoms with E-state index in [0.29, 0.717) is 19.0 Å². The average molecular weight is 357 g/mol. The van der Waals surface area contributed by atoms with Crippen LogP contribution < -0.4 is 0 Å². The van der Waals surface area contributed by atoms with Gasteiger partial charge in [-0.25, -0.2) is 0 Å². The van der Waals surface area contributed by atoms with E-state index in [9.17, 15) is 9.90 Å². The standard InChI is InChI=1S/C22H32N2O2/c25-19-10-6-13-23(15-19)16-21(26)24-14-12-17-7-4-5-11-20(17)22(24)18-8-2-1-3-9-18/h4-5,7,11,18-19,22,25H,1-3,6,8-10,12-16H2/t19-,22-/m0/s1. The van der Waals surface area contributed by atoms with E-state index < -0.39 is 0 Å². The number of piperidine rings is 1. The second-order valence-electron chi connectivity index (χ2n) is 8.41. The number of aliphatic hydroxyl groups is 1. The predicted molar refractivity (Wildman–Crippen MR) is 103 cm³/mol. The minimum Gasteiger partial charge on any atom is -0.392 e. The fraction of sp³-hybridized carbons (Fsp3) is 0.682. The molecule has 1 N–H and O–H groups in total. The Morgan fingerprint density at radius 1 is 1.04 bits per heavy atom. The number of benzene rings is 1. The van der Waals surface area contributed by atoms with Crippen LogP contribution in [0.4, 0.5) is 0 Å². The molecule has 2 atom stereocenters. The highest BCUT2D eigenvalue weighted by Gasteiger charge is 2.37. The predicted octanol–water partition coefficient (Wildman–Crippen LogP) is 3.15. The van der Waals surface area contributed by atoms with Crippen LogP contribution in [-0.2, 0) is 11.2 Å². The number of carbonyl (C=O) groups is 1. The van der Waals surface area contributed by atoms with E-state index >= 15 is 0 Å². The molecule has 2 aliphatic heterocycles. The largest absolute Gasteiger partial charge is 0.392 e. The summed E-state index contributed by atoms with van der Waals surface area (Å²) < 4.78 is 0. The van der Waals surface area contributed by atoms with Crippen molar-refractivity contribution in [3.8, 4) is 0 Å². The van der Waals surface area contributed by atoms with Crippen molar-refractivity contribution in [1.82, 2.24) is 9.80 Å². The van der Waals surface area contributed by atoms with Gasteiger partial charge in [-0.3, -0.25) is 9.69 Å². The molecule has 4 rings (SSSR count). The molecular formula is C22H32N2O2. The smallest absolute Gasteiger partial charge is 0.237 e. The second-order valence-corrected chi connectivity index (χ2v) is 8.41. The molecule has 0 spiro atoms. The van der Waals surface area contributed by atoms with E-state index in [0.717, 1.165) is 32.4 Å². The normalized spacial score (nSPS) is 28.0. The fourth-order valence-corrected chi connectivity index (χ4v) is 5.29. The number of nitrogens with zero attached hydrogens (tertiary/aromatic N) is 2. The third-order valence-electron chi connectivity index (χ3n) is 6.59. The third kappa shape index (κ3) is 3.81. The molecule has 0 unspecified atom stereocenters. The van der Waals surface area contributed by atoms with Crippen LogP contribution in [-0.4, -0.2) is 53.1 Å². The molecule has 4 heteroatoms. The number of amides is 1. The first-order chi connectivity index (χ1) is 12.7. The van der Waals surface area contributed by atoms with Crippen LogP contribution >= 0.6 is 0 Å². The van der Waals surface area contributed by atoms with Gasteiger partial charge in [0.1, 0.15) is 0 Å². The summed E-state index contributed by atoms with van der Waals surface area (Å²) in [5.74, 6) is 0.852. The zero-order valence-electron chi connectivity index (χ0n) is 15.8. The third-order valence-corrected chi connectivity index (χ3v) is 6.59. The summed E-state index contributed by atoms with van der Waals surface area (Å²) in [7, 11) is 0. The molecule has 1 amide bonds. The highest BCUT2D eigenvalue weighted by atomic mass is 16.3. The Balaban J connectivity index is 1.54. The molecule has 4 nitrogen and oxygen atoms in total. The maximum absolute atomic E-state index is 13.2. The molecule has 2 heterocycles. The van der Waals surface area contributed by atoms with Gasteiger partial charge in [-0.05, 0) is 55.7 Å². The molecule has 0 aromatic heterocycles. The Labute approximate surface area is 157 Å². The Morgan fingerprint density at radius 2 is 1.85 bits per heavy atom. The maximum atomic E-state index is 13.2. The molecule has 1 aliphatic carbocycles. The van der Waals surface area contributed by atoms with Gasteiger partial charge in [-0.1, -0.05) is 43.5 Å². The molecule has 3 aliphatic rings. The first-order valence-corrected chi connectivity index (χ1v) is 10.5. The highest BCUT2D eigenvalue weighted by Crippen LogP contribution is 2.42. The van der Waals surface area contributed by atoms with Crippen molar-refractivity contribution < 1.29 is 9.90 Å². The van der Waals surface area contributed by atoms with Gasteiger partial charge >= 0.3 is 0 Å². The number of β-amino-alcohol motifs (C(OH)–C–C–N with tert-alkyl or cyclic N) is 1. The molecule has 1 aromatic rings. The average Bonchev–Trinajstić information content (AvgIpc) is 2.67. The van der Waals surface area contributed by atoms with Gasteiger partial charge in [-0.15, -0.1) is 0 Å². The molecule has 1 saturated heterocycles. The van der Waals surface area contributed by atoms with E-state index in [-0.39, 0.29) is 18.1 Å². The van der Waals surface area contributed by atoms with Crippen LogP contribution in [0.1, 0.15) is 62.1 Å². The van der Waals surface area contributed by atoms with Crippen molar-refractivity contribution in [2.24, 2.45) is 5.92 Å². The van der Waals surface area contributed by atoms with Gasteiger partial charge in [0.15, 0.2) is 0 Å². The van der Waals surface area contributed by atoms with Crippen LogP contribution in [0.25, 0.3) is 0 Å². The lowest BCUT2D eigenvalue weighted by molar-refractivity contribution is -0.137. The summed E-state index contributed by atoms with van der Waals surface area (Å²) in [6, 6.07) is 9.00. The quantitative estimate of drug-likeness (QED) is 0.905. The molecule has 142 valence electrons. The minimum absolute atomic E-state index is 0.252. The number of hydrogen-bond acceptors (Lipinski definition) is 3. The zero-order chi connectivity index (χ0) is 17.9. The van der Waals surface area contributed by atoms with E-state index in [1.807, 2.05) is 0 Å². The highest BCUT2D eigenvalue weighted by molar-refractivity contribution is 5.79. The number of carbonyl (C=O) groups excluding carboxylic acids is 1. The molecule has 2 fully saturated rings. The Bertz CT molecular complexity index is 626. The number of aliphatic hydroxyl groups excluding tert-OH is 1. The summed E-state index contributed by atoms with van der Waals surface area (Å²) in [6.45, 7) is 2.88. The maximum Gasteiger partial charge on any atom is 0.237 e. The van der Waals surface area contributed by atoms with E-state index in [2.05, 4.69) is 34.1 Å². The monoisotopic (exact) mass is 356 g/mol. The summed E-state index contributed by atoms with van der Waals surface area (Å²) in [5, 5.41) is 9.92.